The molecule has 0 saturated carbocycles. The van der Waals surface area contributed by atoms with Gasteiger partial charge in [0.25, 0.3) is 5.89 Å². The maximum Gasteiger partial charge on any atom is 0.312 e. The maximum atomic E-state index is 13.5. The lowest BCUT2D eigenvalue weighted by Crippen LogP contribution is -2.41. The number of rotatable bonds is 3. The molecule has 1 amide bonds. The third kappa shape index (κ3) is 3.18. The smallest absolute Gasteiger partial charge is 0.312 e. The number of aromatic nitrogens is 7. The number of fused-ring (bicyclic) bond motifs is 2. The fourth-order valence-corrected chi connectivity index (χ4v) is 4.30. The van der Waals surface area contributed by atoms with Crippen molar-refractivity contribution in [1.82, 2.24) is 39.7 Å². The van der Waals surface area contributed by atoms with E-state index in [1.54, 1.807) is 17.3 Å². The molecule has 0 bridgehead atoms. The molecule has 1 N–H and O–H groups in total. The molecule has 10 heteroatoms. The maximum absolute atomic E-state index is 13.5. The third-order valence-corrected chi connectivity index (χ3v) is 5.91. The van der Waals surface area contributed by atoms with Gasteiger partial charge in [0, 0.05) is 30.6 Å². The Morgan fingerprint density at radius 1 is 1.18 bits per heavy atom. The van der Waals surface area contributed by atoms with Crippen LogP contribution >= 0.6 is 0 Å². The molecule has 33 heavy (non-hydrogen) atoms. The zero-order valence-corrected chi connectivity index (χ0v) is 18.1. The molecule has 10 nitrogen and oxygen atoms in total. The first-order valence-electron chi connectivity index (χ1n) is 10.6. The van der Waals surface area contributed by atoms with Crippen molar-refractivity contribution in [2.75, 3.05) is 6.54 Å². The summed E-state index contributed by atoms with van der Waals surface area (Å²) in [4.78, 5) is 27.3. The van der Waals surface area contributed by atoms with E-state index < -0.39 is 6.04 Å². The van der Waals surface area contributed by atoms with Crippen molar-refractivity contribution in [3.63, 3.8) is 0 Å². The quantitative estimate of drug-likeness (QED) is 0.458. The summed E-state index contributed by atoms with van der Waals surface area (Å²) < 4.78 is 7.56. The van der Waals surface area contributed by atoms with Gasteiger partial charge in [0.1, 0.15) is 11.7 Å². The zero-order valence-electron chi connectivity index (χ0n) is 18.1. The Kier molecular flexibility index (Phi) is 4.32. The Balaban J connectivity index is 1.40. The topological polar surface area (TPSA) is 118 Å². The minimum Gasteiger partial charge on any atom is -0.411 e. The lowest BCUT2D eigenvalue weighted by molar-refractivity contribution is 0.0646. The number of carbonyl (C=O) groups excluding carboxylic acids is 1. The highest BCUT2D eigenvalue weighted by Crippen LogP contribution is 2.34. The van der Waals surface area contributed by atoms with Crippen molar-refractivity contribution in [2.45, 2.75) is 26.3 Å². The first-order chi connectivity index (χ1) is 16.1. The normalized spacial score (nSPS) is 15.7. The van der Waals surface area contributed by atoms with Gasteiger partial charge in [-0.05, 0) is 43.7 Å². The van der Waals surface area contributed by atoms with Gasteiger partial charge in [-0.25, -0.2) is 14.5 Å². The van der Waals surface area contributed by atoms with Crippen LogP contribution in [0.1, 0.15) is 45.1 Å². The van der Waals surface area contributed by atoms with Crippen LogP contribution in [0.2, 0.25) is 0 Å². The number of nitrogens with zero attached hydrogens (tertiary/aromatic N) is 7. The van der Waals surface area contributed by atoms with E-state index >= 15 is 0 Å². The first kappa shape index (κ1) is 19.4. The van der Waals surface area contributed by atoms with Crippen molar-refractivity contribution >= 4 is 11.4 Å². The Labute approximate surface area is 188 Å². The van der Waals surface area contributed by atoms with Crippen LogP contribution in [0, 0.1) is 13.8 Å². The molecule has 1 unspecified atom stereocenters. The number of H-pyrrole nitrogens is 1. The van der Waals surface area contributed by atoms with Gasteiger partial charge in [-0.15, -0.1) is 10.2 Å². The van der Waals surface area contributed by atoms with Crippen molar-refractivity contribution in [1.29, 1.82) is 0 Å². The van der Waals surface area contributed by atoms with E-state index in [2.05, 4.69) is 25.1 Å². The van der Waals surface area contributed by atoms with E-state index in [9.17, 15) is 4.79 Å². The highest BCUT2D eigenvalue weighted by Gasteiger charge is 2.38. The number of imidazole rings is 1. The number of aryl methyl sites for hydroxylation is 2. The van der Waals surface area contributed by atoms with Crippen molar-refractivity contribution in [3.05, 3.63) is 83.2 Å². The van der Waals surface area contributed by atoms with E-state index in [1.165, 1.54) is 0 Å². The molecule has 1 atom stereocenters. The van der Waals surface area contributed by atoms with Crippen LogP contribution < -0.4 is 0 Å². The van der Waals surface area contributed by atoms with E-state index in [0.29, 0.717) is 18.7 Å². The Morgan fingerprint density at radius 2 is 2.09 bits per heavy atom. The standard InChI is InChI=1S/C23H20N8O2/c1-13-5-4-9-31-18(13)11-17(29-31)20-19-15(24-12-25-19)8-10-30(20)23(32)22-28-27-21(33-22)16-7-3-6-14(2)26-16/h3-7,9,11-12,20H,8,10H2,1-2H3,(H,24,25). The fourth-order valence-electron chi connectivity index (χ4n) is 4.30. The van der Waals surface area contributed by atoms with E-state index in [0.717, 1.165) is 33.9 Å². The summed E-state index contributed by atoms with van der Waals surface area (Å²) in [6.07, 6.45) is 4.19. The molecule has 0 saturated heterocycles. The van der Waals surface area contributed by atoms with Gasteiger partial charge in [-0.3, -0.25) is 4.79 Å². The summed E-state index contributed by atoms with van der Waals surface area (Å²) in [7, 11) is 0. The van der Waals surface area contributed by atoms with Crippen LogP contribution in [0.3, 0.4) is 0 Å². The summed E-state index contributed by atoms with van der Waals surface area (Å²) in [6, 6.07) is 11.0. The summed E-state index contributed by atoms with van der Waals surface area (Å²) >= 11 is 0. The largest absolute Gasteiger partial charge is 0.411 e. The van der Waals surface area contributed by atoms with Gasteiger partial charge < -0.3 is 14.3 Å². The number of nitrogens with one attached hydrogen (secondary N) is 1. The first-order valence-corrected chi connectivity index (χ1v) is 10.6. The number of hydrogen-bond donors (Lipinski definition) is 1. The van der Waals surface area contributed by atoms with Gasteiger partial charge >= 0.3 is 11.8 Å². The minimum absolute atomic E-state index is 0.0859. The predicted molar refractivity (Wildman–Crippen MR) is 117 cm³/mol. The lowest BCUT2D eigenvalue weighted by atomic mass is 9.99. The van der Waals surface area contributed by atoms with Crippen LogP contribution in [0.4, 0.5) is 0 Å². The second-order valence-corrected chi connectivity index (χ2v) is 8.08. The molecule has 5 aromatic heterocycles. The molecular weight excluding hydrogens is 420 g/mol. The second kappa shape index (κ2) is 7.37. The average Bonchev–Trinajstić information content (AvgIpc) is 3.57. The molecular formula is C23H20N8O2. The van der Waals surface area contributed by atoms with Crippen molar-refractivity contribution < 1.29 is 9.21 Å². The molecule has 0 spiro atoms. The van der Waals surface area contributed by atoms with Crippen molar-refractivity contribution in [3.8, 4) is 11.6 Å². The highest BCUT2D eigenvalue weighted by atomic mass is 16.4. The molecule has 1 aliphatic heterocycles. The Bertz CT molecular complexity index is 1500. The summed E-state index contributed by atoms with van der Waals surface area (Å²) in [6.45, 7) is 4.37. The number of carbonyl (C=O) groups is 1. The molecule has 0 aromatic carbocycles. The molecule has 6 rings (SSSR count). The van der Waals surface area contributed by atoms with Gasteiger partial charge in [0.05, 0.1) is 23.2 Å². The van der Waals surface area contributed by atoms with Crippen LogP contribution in [-0.2, 0) is 6.42 Å². The van der Waals surface area contributed by atoms with Gasteiger partial charge in [0.15, 0.2) is 0 Å². The number of aromatic amines is 1. The van der Waals surface area contributed by atoms with Crippen molar-refractivity contribution in [2.24, 2.45) is 0 Å². The van der Waals surface area contributed by atoms with Crippen LogP contribution in [0.15, 0.2) is 53.3 Å². The predicted octanol–water partition coefficient (Wildman–Crippen LogP) is 2.91. The fraction of sp³-hybridized carbons (Fsp3) is 0.217. The van der Waals surface area contributed by atoms with E-state index in [-0.39, 0.29) is 17.7 Å². The zero-order chi connectivity index (χ0) is 22.5. The van der Waals surface area contributed by atoms with Crippen LogP contribution in [0.25, 0.3) is 17.1 Å². The van der Waals surface area contributed by atoms with Crippen LogP contribution in [-0.4, -0.2) is 52.1 Å². The summed E-state index contributed by atoms with van der Waals surface area (Å²) in [5, 5.41) is 12.8. The molecule has 0 radical (unpaired) electrons. The number of hydrogen-bond acceptors (Lipinski definition) is 7. The minimum atomic E-state index is -0.473. The van der Waals surface area contributed by atoms with Gasteiger partial charge in [-0.1, -0.05) is 12.1 Å². The van der Waals surface area contributed by atoms with E-state index in [4.69, 9.17) is 9.52 Å². The highest BCUT2D eigenvalue weighted by molar-refractivity contribution is 5.90. The molecule has 0 fully saturated rings. The third-order valence-electron chi connectivity index (χ3n) is 5.91. The number of pyridine rings is 2. The second-order valence-electron chi connectivity index (χ2n) is 8.08. The van der Waals surface area contributed by atoms with Crippen LogP contribution in [0.5, 0.6) is 0 Å². The average molecular weight is 440 g/mol. The summed E-state index contributed by atoms with van der Waals surface area (Å²) in [5.41, 5.74) is 5.92. The monoisotopic (exact) mass is 440 g/mol. The summed E-state index contributed by atoms with van der Waals surface area (Å²) in [5.74, 6) is -0.245. The molecule has 164 valence electrons. The van der Waals surface area contributed by atoms with Gasteiger partial charge in [-0.2, -0.15) is 5.10 Å². The SMILES string of the molecule is Cc1cccc(-c2nnc(C(=O)N3CCc4[nH]cnc4C3c3cc4c(C)cccn4n3)o2)n1. The van der Waals surface area contributed by atoms with E-state index in [1.807, 2.05) is 54.9 Å². The lowest BCUT2D eigenvalue weighted by Gasteiger charge is -2.32. The molecule has 6 heterocycles. The number of amides is 1. The molecule has 0 aliphatic carbocycles. The molecule has 1 aliphatic rings. The Morgan fingerprint density at radius 3 is 2.94 bits per heavy atom. The Hall–Kier alpha value is -4.34. The molecule has 5 aromatic rings. The van der Waals surface area contributed by atoms with Gasteiger partial charge in [0.2, 0.25) is 0 Å².